The van der Waals surface area contributed by atoms with Crippen LogP contribution in [0.5, 0.6) is 0 Å². The van der Waals surface area contributed by atoms with Gasteiger partial charge in [-0.1, -0.05) is 18.2 Å². The normalized spacial score (nSPS) is 10.9. The number of benzene rings is 2. The van der Waals surface area contributed by atoms with Gasteiger partial charge in [0.15, 0.2) is 0 Å². The number of rotatable bonds is 4. The lowest BCUT2D eigenvalue weighted by Gasteiger charge is -2.00. The Morgan fingerprint density at radius 3 is 2.50 bits per heavy atom. The molecule has 5 heteroatoms. The SMILES string of the molecule is COC(=O)C=Cc1cn(-c2ccccc2)nc1-c1ccc(F)cc1. The average Bonchev–Trinajstić information content (AvgIpc) is 3.05. The van der Waals surface area contributed by atoms with Crippen molar-refractivity contribution in [3.8, 4) is 16.9 Å². The fourth-order valence-corrected chi connectivity index (χ4v) is 2.28. The molecular weight excluding hydrogens is 307 g/mol. The van der Waals surface area contributed by atoms with Crippen LogP contribution in [0.2, 0.25) is 0 Å². The maximum atomic E-state index is 13.2. The summed E-state index contributed by atoms with van der Waals surface area (Å²) in [6.45, 7) is 0. The largest absolute Gasteiger partial charge is 0.466 e. The van der Waals surface area contributed by atoms with Gasteiger partial charge in [0.05, 0.1) is 18.5 Å². The summed E-state index contributed by atoms with van der Waals surface area (Å²) in [5, 5.41) is 4.57. The second-order valence-corrected chi connectivity index (χ2v) is 5.08. The monoisotopic (exact) mass is 322 g/mol. The van der Waals surface area contributed by atoms with Crippen LogP contribution < -0.4 is 0 Å². The predicted molar refractivity (Wildman–Crippen MR) is 90.0 cm³/mol. The second kappa shape index (κ2) is 6.91. The number of aromatic nitrogens is 2. The van der Waals surface area contributed by atoms with E-state index in [1.54, 1.807) is 22.9 Å². The molecule has 0 N–H and O–H groups in total. The Labute approximate surface area is 138 Å². The fraction of sp³-hybridized carbons (Fsp3) is 0.0526. The Hall–Kier alpha value is -3.21. The summed E-state index contributed by atoms with van der Waals surface area (Å²) in [5.41, 5.74) is 3.03. The number of hydrogen-bond acceptors (Lipinski definition) is 3. The highest BCUT2D eigenvalue weighted by Crippen LogP contribution is 2.25. The van der Waals surface area contributed by atoms with Gasteiger partial charge in [-0.2, -0.15) is 5.10 Å². The Kier molecular flexibility index (Phi) is 4.52. The van der Waals surface area contributed by atoms with Gasteiger partial charge < -0.3 is 4.74 Å². The first kappa shape index (κ1) is 15.7. The Morgan fingerprint density at radius 1 is 1.12 bits per heavy atom. The third-order valence-corrected chi connectivity index (χ3v) is 3.48. The summed E-state index contributed by atoms with van der Waals surface area (Å²) in [6.07, 6.45) is 4.78. The van der Waals surface area contributed by atoms with Gasteiger partial charge in [0.25, 0.3) is 0 Å². The molecule has 0 fully saturated rings. The van der Waals surface area contributed by atoms with Crippen LogP contribution in [0.15, 0.2) is 66.9 Å². The molecule has 0 saturated carbocycles. The highest BCUT2D eigenvalue weighted by Gasteiger charge is 2.11. The van der Waals surface area contributed by atoms with E-state index in [4.69, 9.17) is 0 Å². The summed E-state index contributed by atoms with van der Waals surface area (Å²) >= 11 is 0. The molecule has 3 rings (SSSR count). The van der Waals surface area contributed by atoms with Crippen LogP contribution in [-0.2, 0) is 9.53 Å². The van der Waals surface area contributed by atoms with Gasteiger partial charge in [-0.25, -0.2) is 13.9 Å². The first-order chi connectivity index (χ1) is 11.7. The zero-order valence-corrected chi connectivity index (χ0v) is 13.0. The van der Waals surface area contributed by atoms with Crippen molar-refractivity contribution in [3.05, 3.63) is 78.3 Å². The van der Waals surface area contributed by atoms with Crippen molar-refractivity contribution in [2.75, 3.05) is 7.11 Å². The molecule has 0 atom stereocenters. The van der Waals surface area contributed by atoms with E-state index < -0.39 is 5.97 Å². The van der Waals surface area contributed by atoms with Gasteiger partial charge in [0.1, 0.15) is 5.82 Å². The van der Waals surface area contributed by atoms with Crippen molar-refractivity contribution in [3.63, 3.8) is 0 Å². The van der Waals surface area contributed by atoms with E-state index in [-0.39, 0.29) is 5.82 Å². The van der Waals surface area contributed by atoms with Gasteiger partial charge in [0.2, 0.25) is 0 Å². The number of carbonyl (C=O) groups excluding carboxylic acids is 1. The molecule has 120 valence electrons. The second-order valence-electron chi connectivity index (χ2n) is 5.08. The van der Waals surface area contributed by atoms with Crippen LogP contribution in [0.3, 0.4) is 0 Å². The van der Waals surface area contributed by atoms with Gasteiger partial charge in [0, 0.05) is 23.4 Å². The Morgan fingerprint density at radius 2 is 1.83 bits per heavy atom. The maximum Gasteiger partial charge on any atom is 0.330 e. The van der Waals surface area contributed by atoms with Gasteiger partial charge >= 0.3 is 5.97 Å². The lowest BCUT2D eigenvalue weighted by molar-refractivity contribution is -0.134. The molecule has 3 aromatic rings. The van der Waals surface area contributed by atoms with Crippen molar-refractivity contribution in [2.45, 2.75) is 0 Å². The highest BCUT2D eigenvalue weighted by atomic mass is 19.1. The quantitative estimate of drug-likeness (QED) is 0.541. The standard InChI is InChI=1S/C19H15FN2O2/c1-24-18(23)12-9-15-13-22(17-5-3-2-4-6-17)21-19(15)14-7-10-16(20)11-8-14/h2-13H,1H3. The minimum Gasteiger partial charge on any atom is -0.466 e. The van der Waals surface area contributed by atoms with Crippen molar-refractivity contribution >= 4 is 12.0 Å². The van der Waals surface area contributed by atoms with Crippen LogP contribution in [0.1, 0.15) is 5.56 Å². The lowest BCUT2D eigenvalue weighted by atomic mass is 10.1. The number of halogens is 1. The summed E-state index contributed by atoms with van der Waals surface area (Å²) < 4.78 is 19.5. The van der Waals surface area contributed by atoms with Crippen molar-refractivity contribution in [1.29, 1.82) is 0 Å². The van der Waals surface area contributed by atoms with E-state index in [9.17, 15) is 9.18 Å². The molecule has 1 heterocycles. The number of esters is 1. The Balaban J connectivity index is 2.07. The zero-order valence-electron chi connectivity index (χ0n) is 13.0. The number of nitrogens with zero attached hydrogens (tertiary/aromatic N) is 2. The molecule has 0 aliphatic rings. The summed E-state index contributed by atoms with van der Waals surface area (Å²) in [6, 6.07) is 15.7. The summed E-state index contributed by atoms with van der Waals surface area (Å²) in [7, 11) is 1.32. The molecule has 24 heavy (non-hydrogen) atoms. The number of hydrogen-bond donors (Lipinski definition) is 0. The van der Waals surface area contributed by atoms with Crippen molar-refractivity contribution < 1.29 is 13.9 Å². The summed E-state index contributed by atoms with van der Waals surface area (Å²) in [4.78, 5) is 11.4. The predicted octanol–water partition coefficient (Wildman–Crippen LogP) is 3.86. The number of ether oxygens (including phenoxy) is 1. The smallest absolute Gasteiger partial charge is 0.330 e. The first-order valence-corrected chi connectivity index (χ1v) is 7.34. The van der Waals surface area contributed by atoms with Crippen LogP contribution in [0.4, 0.5) is 4.39 Å². The minimum atomic E-state index is -0.451. The van der Waals surface area contributed by atoms with Gasteiger partial charge in [-0.3, -0.25) is 0 Å². The van der Waals surface area contributed by atoms with Gasteiger partial charge in [-0.15, -0.1) is 0 Å². The molecule has 0 spiro atoms. The third kappa shape index (κ3) is 3.41. The molecule has 0 amide bonds. The molecule has 0 aliphatic carbocycles. The lowest BCUT2D eigenvalue weighted by Crippen LogP contribution is -1.94. The topological polar surface area (TPSA) is 44.1 Å². The van der Waals surface area contributed by atoms with Crippen molar-refractivity contribution in [2.24, 2.45) is 0 Å². The fourth-order valence-electron chi connectivity index (χ4n) is 2.28. The number of para-hydroxylation sites is 1. The third-order valence-electron chi connectivity index (χ3n) is 3.48. The summed E-state index contributed by atoms with van der Waals surface area (Å²) in [5.74, 6) is -0.764. The number of carbonyl (C=O) groups is 1. The van der Waals surface area contributed by atoms with E-state index in [0.29, 0.717) is 5.69 Å². The maximum absolute atomic E-state index is 13.2. The first-order valence-electron chi connectivity index (χ1n) is 7.34. The van der Waals surface area contributed by atoms with E-state index in [2.05, 4.69) is 9.84 Å². The molecule has 0 saturated heterocycles. The molecule has 4 nitrogen and oxygen atoms in total. The van der Waals surface area contributed by atoms with E-state index in [1.165, 1.54) is 25.3 Å². The molecule has 0 radical (unpaired) electrons. The van der Waals surface area contributed by atoms with Crippen LogP contribution >= 0.6 is 0 Å². The van der Waals surface area contributed by atoms with Crippen LogP contribution in [0.25, 0.3) is 23.0 Å². The molecule has 2 aromatic carbocycles. The van der Waals surface area contributed by atoms with E-state index >= 15 is 0 Å². The Bertz CT molecular complexity index is 868. The number of methoxy groups -OCH3 is 1. The van der Waals surface area contributed by atoms with Crippen LogP contribution in [0, 0.1) is 5.82 Å². The molecule has 1 aromatic heterocycles. The molecule has 0 unspecified atom stereocenters. The molecule has 0 bridgehead atoms. The van der Waals surface area contributed by atoms with E-state index in [1.807, 2.05) is 36.5 Å². The van der Waals surface area contributed by atoms with Crippen molar-refractivity contribution in [1.82, 2.24) is 9.78 Å². The van der Waals surface area contributed by atoms with Crippen LogP contribution in [-0.4, -0.2) is 22.9 Å². The molecular formula is C19H15FN2O2. The minimum absolute atomic E-state index is 0.312. The molecule has 0 aliphatic heterocycles. The average molecular weight is 322 g/mol. The van der Waals surface area contributed by atoms with Gasteiger partial charge in [-0.05, 0) is 42.5 Å². The highest BCUT2D eigenvalue weighted by molar-refractivity contribution is 5.88. The van der Waals surface area contributed by atoms with E-state index in [0.717, 1.165) is 16.8 Å². The zero-order chi connectivity index (χ0) is 16.9.